The van der Waals surface area contributed by atoms with Crippen LogP contribution in [0.15, 0.2) is 30.3 Å². The summed E-state index contributed by atoms with van der Waals surface area (Å²) in [5.74, 6) is 0. The average Bonchev–Trinajstić information content (AvgIpc) is 2.69. The molecule has 2 aliphatic heterocycles. The van der Waals surface area contributed by atoms with Crippen LogP contribution >= 0.6 is 0 Å². The van der Waals surface area contributed by atoms with Crippen molar-refractivity contribution in [3.05, 3.63) is 35.9 Å². The van der Waals surface area contributed by atoms with Gasteiger partial charge < -0.3 is 14.7 Å². The van der Waals surface area contributed by atoms with Crippen LogP contribution in [0, 0.1) is 0 Å². The highest BCUT2D eigenvalue weighted by Gasteiger charge is 2.16. The second-order valence-electron chi connectivity index (χ2n) is 7.81. The molecule has 0 spiro atoms. The second kappa shape index (κ2) is 10.3. The molecule has 1 aromatic carbocycles. The Balaban J connectivity index is 1.64. The number of rotatable bonds is 2. The highest BCUT2D eigenvalue weighted by Crippen LogP contribution is 2.09. The van der Waals surface area contributed by atoms with Gasteiger partial charge in [0.25, 0.3) is 0 Å². The molecule has 25 heavy (non-hydrogen) atoms. The van der Waals surface area contributed by atoms with Gasteiger partial charge >= 0.3 is 0 Å². The fourth-order valence-electron chi connectivity index (χ4n) is 4.09. The Morgan fingerprint density at radius 2 is 1.24 bits per heavy atom. The molecular formula is C21H36N4. The highest BCUT2D eigenvalue weighted by atomic mass is 15.2. The van der Waals surface area contributed by atoms with E-state index in [1.165, 1.54) is 90.3 Å². The molecule has 1 aromatic rings. The monoisotopic (exact) mass is 344 g/mol. The van der Waals surface area contributed by atoms with Crippen LogP contribution in [0.25, 0.3) is 0 Å². The Kier molecular flexibility index (Phi) is 7.74. The van der Waals surface area contributed by atoms with Gasteiger partial charge in [-0.1, -0.05) is 30.3 Å². The lowest BCUT2D eigenvalue weighted by atomic mass is 10.2. The molecule has 0 aliphatic carbocycles. The van der Waals surface area contributed by atoms with E-state index in [1.54, 1.807) is 0 Å². The third-order valence-corrected chi connectivity index (χ3v) is 5.69. The van der Waals surface area contributed by atoms with Gasteiger partial charge in [0.2, 0.25) is 0 Å². The molecule has 0 aromatic heterocycles. The van der Waals surface area contributed by atoms with Crippen LogP contribution in [-0.4, -0.2) is 92.1 Å². The Labute approximate surface area is 154 Å². The maximum atomic E-state index is 2.71. The molecule has 2 aliphatic rings. The molecule has 2 saturated heterocycles. The molecule has 0 N–H and O–H groups in total. The molecule has 0 radical (unpaired) electrons. The van der Waals surface area contributed by atoms with Gasteiger partial charge in [-0.3, -0.25) is 4.90 Å². The minimum Gasteiger partial charge on any atom is -0.305 e. The van der Waals surface area contributed by atoms with Crippen LogP contribution in [0.4, 0.5) is 0 Å². The van der Waals surface area contributed by atoms with Crippen LogP contribution < -0.4 is 0 Å². The summed E-state index contributed by atoms with van der Waals surface area (Å²) in [6, 6.07) is 11.0. The fraction of sp³-hybridized carbons (Fsp3) is 0.714. The first-order chi connectivity index (χ1) is 12.3. The molecule has 3 rings (SSSR count). The van der Waals surface area contributed by atoms with Crippen molar-refractivity contribution in [1.29, 1.82) is 0 Å². The molecule has 4 nitrogen and oxygen atoms in total. The number of likely N-dealkylation sites (N-methyl/N-ethyl adjacent to an activating group) is 1. The summed E-state index contributed by atoms with van der Waals surface area (Å²) in [7, 11) is 2.29. The standard InChI is InChI=1S/C21H36N4/c1-22-10-5-11-24-13-6-12-23(17-16-22)14-7-15-25(19-18-24)20-21-8-3-2-4-9-21/h2-4,8-9H,5-7,10-20H2,1H3. The maximum Gasteiger partial charge on any atom is 0.0234 e. The van der Waals surface area contributed by atoms with E-state index in [2.05, 4.69) is 57.0 Å². The van der Waals surface area contributed by atoms with E-state index in [4.69, 9.17) is 0 Å². The summed E-state index contributed by atoms with van der Waals surface area (Å²) in [6.07, 6.45) is 3.91. The van der Waals surface area contributed by atoms with Gasteiger partial charge in [0, 0.05) is 32.7 Å². The zero-order valence-electron chi connectivity index (χ0n) is 16.1. The van der Waals surface area contributed by atoms with E-state index >= 15 is 0 Å². The third kappa shape index (κ3) is 6.70. The largest absolute Gasteiger partial charge is 0.305 e. The molecular weight excluding hydrogens is 308 g/mol. The first-order valence-electron chi connectivity index (χ1n) is 10.2. The minimum atomic E-state index is 1.09. The highest BCUT2D eigenvalue weighted by molar-refractivity contribution is 5.14. The quantitative estimate of drug-likeness (QED) is 0.815. The normalized spacial score (nSPS) is 28.4. The van der Waals surface area contributed by atoms with Gasteiger partial charge in [-0.05, 0) is 71.1 Å². The van der Waals surface area contributed by atoms with Gasteiger partial charge in [0.05, 0.1) is 0 Å². The third-order valence-electron chi connectivity index (χ3n) is 5.69. The predicted octanol–water partition coefficient (Wildman–Crippen LogP) is 2.22. The number of fused-ring (bicyclic) bond motifs is 4. The van der Waals surface area contributed by atoms with Gasteiger partial charge in [-0.15, -0.1) is 0 Å². The Morgan fingerprint density at radius 1 is 0.640 bits per heavy atom. The van der Waals surface area contributed by atoms with Crippen molar-refractivity contribution in [2.24, 2.45) is 0 Å². The van der Waals surface area contributed by atoms with Crippen LogP contribution in [0.3, 0.4) is 0 Å². The van der Waals surface area contributed by atoms with E-state index in [0.29, 0.717) is 0 Å². The summed E-state index contributed by atoms with van der Waals surface area (Å²) in [6.45, 7) is 13.4. The molecule has 0 amide bonds. The van der Waals surface area contributed by atoms with Crippen LogP contribution in [-0.2, 0) is 6.54 Å². The van der Waals surface area contributed by atoms with Crippen LogP contribution in [0.1, 0.15) is 24.8 Å². The van der Waals surface area contributed by atoms with Gasteiger partial charge in [0.15, 0.2) is 0 Å². The average molecular weight is 345 g/mol. The zero-order valence-corrected chi connectivity index (χ0v) is 16.1. The Hall–Kier alpha value is -0.940. The lowest BCUT2D eigenvalue weighted by Crippen LogP contribution is -2.38. The van der Waals surface area contributed by atoms with E-state index in [0.717, 1.165) is 6.54 Å². The summed E-state index contributed by atoms with van der Waals surface area (Å²) in [5, 5.41) is 0. The molecule has 0 saturated carbocycles. The predicted molar refractivity (Wildman–Crippen MR) is 106 cm³/mol. The Bertz CT molecular complexity index is 478. The molecule has 2 bridgehead atoms. The molecule has 2 unspecified atom stereocenters. The van der Waals surface area contributed by atoms with Crippen molar-refractivity contribution in [2.75, 3.05) is 72.5 Å². The summed E-state index contributed by atoms with van der Waals surface area (Å²) in [5.41, 5.74) is 1.45. The molecule has 2 fully saturated rings. The van der Waals surface area contributed by atoms with E-state index in [9.17, 15) is 0 Å². The van der Waals surface area contributed by atoms with Gasteiger partial charge in [0.1, 0.15) is 0 Å². The first kappa shape index (κ1) is 18.8. The lowest BCUT2D eigenvalue weighted by Gasteiger charge is -2.28. The summed E-state index contributed by atoms with van der Waals surface area (Å²) in [4.78, 5) is 10.6. The fourth-order valence-corrected chi connectivity index (χ4v) is 4.09. The van der Waals surface area contributed by atoms with Crippen molar-refractivity contribution < 1.29 is 0 Å². The van der Waals surface area contributed by atoms with Crippen molar-refractivity contribution in [2.45, 2.75) is 25.8 Å². The van der Waals surface area contributed by atoms with E-state index < -0.39 is 0 Å². The second-order valence-corrected chi connectivity index (χ2v) is 7.81. The zero-order chi connectivity index (χ0) is 17.3. The molecule has 2 heterocycles. The summed E-state index contributed by atoms with van der Waals surface area (Å²) < 4.78 is 0. The molecule has 140 valence electrons. The van der Waals surface area contributed by atoms with Crippen LogP contribution in [0.2, 0.25) is 0 Å². The Morgan fingerprint density at radius 3 is 1.96 bits per heavy atom. The maximum absolute atomic E-state index is 2.71. The van der Waals surface area contributed by atoms with Crippen molar-refractivity contribution in [3.8, 4) is 0 Å². The molecule has 4 heteroatoms. The topological polar surface area (TPSA) is 13.0 Å². The number of benzene rings is 1. The molecule has 2 atom stereocenters. The number of hydrogen-bond acceptors (Lipinski definition) is 4. The van der Waals surface area contributed by atoms with Crippen LogP contribution in [0.5, 0.6) is 0 Å². The first-order valence-corrected chi connectivity index (χ1v) is 10.2. The minimum absolute atomic E-state index is 1.09. The van der Waals surface area contributed by atoms with E-state index in [1.807, 2.05) is 0 Å². The van der Waals surface area contributed by atoms with Crippen molar-refractivity contribution in [1.82, 2.24) is 19.6 Å². The van der Waals surface area contributed by atoms with Gasteiger partial charge in [-0.25, -0.2) is 0 Å². The van der Waals surface area contributed by atoms with E-state index in [-0.39, 0.29) is 0 Å². The number of hydrogen-bond donors (Lipinski definition) is 0. The SMILES string of the molecule is CN1CCCN2CCCN(CCCN(Cc3ccccc3)CC2)CC1. The van der Waals surface area contributed by atoms with Gasteiger partial charge in [-0.2, -0.15) is 0 Å². The smallest absolute Gasteiger partial charge is 0.0234 e. The van der Waals surface area contributed by atoms with Crippen molar-refractivity contribution in [3.63, 3.8) is 0 Å². The number of nitrogens with zero attached hydrogens (tertiary/aromatic N) is 4. The lowest BCUT2D eigenvalue weighted by molar-refractivity contribution is 0.185. The van der Waals surface area contributed by atoms with Crippen molar-refractivity contribution >= 4 is 0 Å². The summed E-state index contributed by atoms with van der Waals surface area (Å²) >= 11 is 0.